The largest absolute Gasteiger partial charge is 0.308 e. The highest BCUT2D eigenvalue weighted by molar-refractivity contribution is 7.09. The molecule has 1 aromatic rings. The molecule has 1 N–H and O–H groups in total. The molecule has 106 valence electrons. The summed E-state index contributed by atoms with van der Waals surface area (Å²) in [7, 11) is 0. The molecule has 1 saturated heterocycles. The van der Waals surface area contributed by atoms with E-state index in [4.69, 9.17) is 0 Å². The first-order chi connectivity index (χ1) is 9.24. The first-order valence-electron chi connectivity index (χ1n) is 7.59. The lowest BCUT2D eigenvalue weighted by Crippen LogP contribution is -2.58. The van der Waals surface area contributed by atoms with E-state index in [9.17, 15) is 0 Å². The molecule has 1 aliphatic heterocycles. The van der Waals surface area contributed by atoms with Crippen LogP contribution in [0.1, 0.15) is 38.0 Å². The monoisotopic (exact) mass is 279 g/mol. The summed E-state index contributed by atoms with van der Waals surface area (Å²) in [6.45, 7) is 8.24. The standard InChI is InChI=1S/C15H25N3S/c1-11(2)18-8-12-4-3-5-13(9-18)15(12)17-7-14-6-16-10-19-14/h6,10-13,15,17H,3-5,7-9H2,1-2H3. The fourth-order valence-electron chi connectivity index (χ4n) is 3.78. The summed E-state index contributed by atoms with van der Waals surface area (Å²) in [6.07, 6.45) is 6.23. The number of rotatable bonds is 4. The number of thiazole rings is 1. The fourth-order valence-corrected chi connectivity index (χ4v) is 4.32. The van der Waals surface area contributed by atoms with Gasteiger partial charge in [-0.3, -0.25) is 4.98 Å². The lowest BCUT2D eigenvalue weighted by Gasteiger charge is -2.49. The van der Waals surface area contributed by atoms with Crippen molar-refractivity contribution in [1.82, 2.24) is 15.2 Å². The zero-order chi connectivity index (χ0) is 13.2. The topological polar surface area (TPSA) is 28.2 Å². The molecule has 0 spiro atoms. The van der Waals surface area contributed by atoms with Crippen LogP contribution in [0.5, 0.6) is 0 Å². The number of likely N-dealkylation sites (tertiary alicyclic amines) is 1. The van der Waals surface area contributed by atoms with Crippen molar-refractivity contribution < 1.29 is 0 Å². The molecule has 2 heterocycles. The Morgan fingerprint density at radius 2 is 2.11 bits per heavy atom. The maximum absolute atomic E-state index is 4.16. The van der Waals surface area contributed by atoms with Gasteiger partial charge in [-0.05, 0) is 38.5 Å². The van der Waals surface area contributed by atoms with Gasteiger partial charge >= 0.3 is 0 Å². The van der Waals surface area contributed by atoms with Crippen LogP contribution in [0.4, 0.5) is 0 Å². The van der Waals surface area contributed by atoms with E-state index in [0.717, 1.165) is 24.4 Å². The van der Waals surface area contributed by atoms with Gasteiger partial charge < -0.3 is 10.2 Å². The van der Waals surface area contributed by atoms with Crippen LogP contribution in [0.15, 0.2) is 11.7 Å². The summed E-state index contributed by atoms with van der Waals surface area (Å²) in [4.78, 5) is 8.21. The van der Waals surface area contributed by atoms with Gasteiger partial charge in [-0.25, -0.2) is 0 Å². The summed E-state index contributed by atoms with van der Waals surface area (Å²) >= 11 is 1.76. The first kappa shape index (κ1) is 13.5. The third-order valence-electron chi connectivity index (χ3n) is 4.83. The molecular weight excluding hydrogens is 254 g/mol. The molecule has 0 amide bonds. The van der Waals surface area contributed by atoms with Crippen LogP contribution in [-0.4, -0.2) is 35.1 Å². The minimum absolute atomic E-state index is 0.700. The predicted octanol–water partition coefficient (Wildman–Crippen LogP) is 2.74. The van der Waals surface area contributed by atoms with E-state index in [1.54, 1.807) is 11.3 Å². The molecule has 0 radical (unpaired) electrons. The molecule has 2 unspecified atom stereocenters. The molecule has 3 nitrogen and oxygen atoms in total. The maximum atomic E-state index is 4.16. The van der Waals surface area contributed by atoms with Gasteiger partial charge in [0.2, 0.25) is 0 Å². The summed E-state index contributed by atoms with van der Waals surface area (Å²) in [6, 6.07) is 1.43. The van der Waals surface area contributed by atoms with Gasteiger partial charge in [-0.2, -0.15) is 0 Å². The van der Waals surface area contributed by atoms with Crippen LogP contribution < -0.4 is 5.32 Å². The molecule has 0 aromatic carbocycles. The molecule has 2 atom stereocenters. The second-order valence-electron chi connectivity index (χ2n) is 6.37. The summed E-state index contributed by atoms with van der Waals surface area (Å²) in [5.74, 6) is 1.70. The Balaban J connectivity index is 1.62. The zero-order valence-electron chi connectivity index (χ0n) is 12.0. The van der Waals surface area contributed by atoms with Gasteiger partial charge in [0, 0.05) is 42.8 Å². The van der Waals surface area contributed by atoms with Crippen LogP contribution in [0.3, 0.4) is 0 Å². The molecule has 2 bridgehead atoms. The Labute approximate surface area is 120 Å². The quantitative estimate of drug-likeness (QED) is 0.918. The second kappa shape index (κ2) is 5.90. The van der Waals surface area contributed by atoms with Gasteiger partial charge in [0.1, 0.15) is 0 Å². The summed E-state index contributed by atoms with van der Waals surface area (Å²) in [5.41, 5.74) is 1.93. The van der Waals surface area contributed by atoms with Gasteiger partial charge in [0.15, 0.2) is 0 Å². The second-order valence-corrected chi connectivity index (χ2v) is 7.34. The molecule has 1 aromatic heterocycles. The number of piperidine rings is 1. The molecule has 1 saturated carbocycles. The van der Waals surface area contributed by atoms with Crippen molar-refractivity contribution in [2.45, 2.75) is 51.7 Å². The molecule has 19 heavy (non-hydrogen) atoms. The van der Waals surface area contributed by atoms with E-state index in [2.05, 4.69) is 29.0 Å². The third kappa shape index (κ3) is 3.01. The maximum Gasteiger partial charge on any atom is 0.0794 e. The van der Waals surface area contributed by atoms with E-state index in [1.165, 1.54) is 37.2 Å². The highest BCUT2D eigenvalue weighted by Crippen LogP contribution is 2.35. The Morgan fingerprint density at radius 3 is 2.68 bits per heavy atom. The lowest BCUT2D eigenvalue weighted by molar-refractivity contribution is 0.0291. The first-order valence-corrected chi connectivity index (χ1v) is 8.47. The highest BCUT2D eigenvalue weighted by atomic mass is 32.1. The van der Waals surface area contributed by atoms with Gasteiger partial charge in [-0.1, -0.05) is 6.42 Å². The Bertz CT molecular complexity index is 376. The van der Waals surface area contributed by atoms with E-state index in [0.29, 0.717) is 6.04 Å². The number of fused-ring (bicyclic) bond motifs is 2. The van der Waals surface area contributed by atoms with Crippen LogP contribution in [0, 0.1) is 11.8 Å². The third-order valence-corrected chi connectivity index (χ3v) is 5.61. The van der Waals surface area contributed by atoms with Crippen molar-refractivity contribution in [3.8, 4) is 0 Å². The van der Waals surface area contributed by atoms with Crippen molar-refractivity contribution in [2.75, 3.05) is 13.1 Å². The average molecular weight is 279 g/mol. The van der Waals surface area contributed by atoms with Crippen LogP contribution in [-0.2, 0) is 6.54 Å². The van der Waals surface area contributed by atoms with Crippen LogP contribution in [0.25, 0.3) is 0 Å². The number of aromatic nitrogens is 1. The smallest absolute Gasteiger partial charge is 0.0794 e. The lowest BCUT2D eigenvalue weighted by atomic mass is 9.73. The van der Waals surface area contributed by atoms with Crippen molar-refractivity contribution in [2.24, 2.45) is 11.8 Å². The molecule has 2 aliphatic rings. The molecular formula is C15H25N3S. The minimum atomic E-state index is 0.700. The average Bonchev–Trinajstić information content (AvgIpc) is 2.88. The Morgan fingerprint density at radius 1 is 1.37 bits per heavy atom. The van der Waals surface area contributed by atoms with Crippen molar-refractivity contribution >= 4 is 11.3 Å². The number of hydrogen-bond acceptors (Lipinski definition) is 4. The molecule has 2 fully saturated rings. The molecule has 1 aliphatic carbocycles. The number of nitrogens with one attached hydrogen (secondary N) is 1. The predicted molar refractivity (Wildman–Crippen MR) is 80.3 cm³/mol. The van der Waals surface area contributed by atoms with Crippen molar-refractivity contribution in [3.05, 3.63) is 16.6 Å². The molecule has 3 rings (SSSR count). The van der Waals surface area contributed by atoms with Crippen molar-refractivity contribution in [1.29, 1.82) is 0 Å². The highest BCUT2D eigenvalue weighted by Gasteiger charge is 2.39. The van der Waals surface area contributed by atoms with Crippen molar-refractivity contribution in [3.63, 3.8) is 0 Å². The fraction of sp³-hybridized carbons (Fsp3) is 0.800. The normalized spacial score (nSPS) is 31.8. The van der Waals surface area contributed by atoms with Crippen LogP contribution >= 0.6 is 11.3 Å². The van der Waals surface area contributed by atoms with Gasteiger partial charge in [0.25, 0.3) is 0 Å². The van der Waals surface area contributed by atoms with Crippen LogP contribution in [0.2, 0.25) is 0 Å². The number of nitrogens with zero attached hydrogens (tertiary/aromatic N) is 2. The summed E-state index contributed by atoms with van der Waals surface area (Å²) < 4.78 is 0. The van der Waals surface area contributed by atoms with Gasteiger partial charge in [0.05, 0.1) is 5.51 Å². The SMILES string of the molecule is CC(C)N1CC2CCCC(C1)C2NCc1cncs1. The minimum Gasteiger partial charge on any atom is -0.308 e. The van der Waals surface area contributed by atoms with E-state index in [-0.39, 0.29) is 0 Å². The van der Waals surface area contributed by atoms with E-state index >= 15 is 0 Å². The van der Waals surface area contributed by atoms with E-state index < -0.39 is 0 Å². The van der Waals surface area contributed by atoms with E-state index in [1.807, 2.05) is 11.7 Å². The summed E-state index contributed by atoms with van der Waals surface area (Å²) in [5, 5.41) is 3.83. The molecule has 4 heteroatoms. The number of hydrogen-bond donors (Lipinski definition) is 1. The Kier molecular flexibility index (Phi) is 4.20. The van der Waals surface area contributed by atoms with Gasteiger partial charge in [-0.15, -0.1) is 11.3 Å². The zero-order valence-corrected chi connectivity index (χ0v) is 12.8. The Hall–Kier alpha value is -0.450.